The molecule has 3 rings (SSSR count). The molecule has 20 heavy (non-hydrogen) atoms. The van der Waals surface area contributed by atoms with E-state index >= 15 is 0 Å². The zero-order valence-electron chi connectivity index (χ0n) is 10.4. The van der Waals surface area contributed by atoms with Crippen LogP contribution in [0.1, 0.15) is 5.56 Å². The number of benzene rings is 1. The summed E-state index contributed by atoms with van der Waals surface area (Å²) in [6.07, 6.45) is 1.95. The topological polar surface area (TPSA) is 17.8 Å². The summed E-state index contributed by atoms with van der Waals surface area (Å²) in [7, 11) is 1.53. The third kappa shape index (κ3) is 2.20. The number of rotatable bonds is 2. The lowest BCUT2D eigenvalue weighted by atomic mass is 10.1. The molecule has 0 spiro atoms. The van der Waals surface area contributed by atoms with Crippen molar-refractivity contribution in [2.45, 2.75) is 6.92 Å². The van der Waals surface area contributed by atoms with E-state index in [1.54, 1.807) is 6.07 Å². The maximum absolute atomic E-state index is 13.8. The highest BCUT2D eigenvalue weighted by atomic mass is 127. The van der Waals surface area contributed by atoms with E-state index in [1.807, 2.05) is 23.2 Å². The Morgan fingerprint density at radius 2 is 1.85 bits per heavy atom. The molecular formula is C14H9F2IN2S. The first-order chi connectivity index (χ1) is 9.61. The van der Waals surface area contributed by atoms with Crippen molar-refractivity contribution < 1.29 is 8.78 Å². The monoisotopic (exact) mass is 402 g/mol. The van der Waals surface area contributed by atoms with Crippen LogP contribution in [0.5, 0.6) is 0 Å². The van der Waals surface area contributed by atoms with Gasteiger partial charge in [-0.1, -0.05) is 6.07 Å². The predicted octanol–water partition coefficient (Wildman–Crippen LogP) is 5.14. The zero-order valence-corrected chi connectivity index (χ0v) is 13.4. The van der Waals surface area contributed by atoms with Gasteiger partial charge in [-0.3, -0.25) is 3.97 Å². The second-order valence-electron chi connectivity index (χ2n) is 4.37. The van der Waals surface area contributed by atoms with Crippen LogP contribution in [0.15, 0.2) is 36.5 Å². The van der Waals surface area contributed by atoms with Gasteiger partial charge < -0.3 is 0 Å². The van der Waals surface area contributed by atoms with Crippen molar-refractivity contribution >= 4 is 41.4 Å². The second kappa shape index (κ2) is 5.33. The van der Waals surface area contributed by atoms with E-state index in [0.29, 0.717) is 5.69 Å². The Kier molecular flexibility index (Phi) is 3.68. The number of aromatic nitrogens is 2. The van der Waals surface area contributed by atoms with Crippen molar-refractivity contribution in [2.24, 2.45) is 0 Å². The van der Waals surface area contributed by atoms with Gasteiger partial charge in [-0.25, -0.2) is 13.8 Å². The molecule has 2 aromatic heterocycles. The number of hydrogen-bond acceptors (Lipinski definition) is 2. The summed E-state index contributed by atoms with van der Waals surface area (Å²) in [5.74, 6) is -1.20. The Morgan fingerprint density at radius 3 is 2.50 bits per heavy atom. The van der Waals surface area contributed by atoms with E-state index < -0.39 is 11.6 Å². The molecule has 0 bridgehead atoms. The second-order valence-corrected chi connectivity index (χ2v) is 6.08. The summed E-state index contributed by atoms with van der Waals surface area (Å²) in [5, 5.41) is 0. The highest BCUT2D eigenvalue weighted by Gasteiger charge is 2.14. The minimum atomic E-state index is -0.600. The van der Waals surface area contributed by atoms with Crippen molar-refractivity contribution in [1.82, 2.24) is 8.96 Å². The number of fused-ring (bicyclic) bond motifs is 1. The van der Waals surface area contributed by atoms with Gasteiger partial charge in [-0.2, -0.15) is 0 Å². The number of aryl methyl sites for hydroxylation is 1. The summed E-state index contributed by atoms with van der Waals surface area (Å²) in [4.78, 5) is 4.42. The molecule has 0 unspecified atom stereocenters. The van der Waals surface area contributed by atoms with Crippen LogP contribution in [0.3, 0.4) is 0 Å². The largest absolute Gasteiger partial charge is 0.281 e. The standard InChI is InChI=1S/C14H9F2IN2S/c1-8-7-19(20-17)12-6-5-11(18-14(8)12)13-9(15)3-2-4-10(13)16/h2-7H,1H3. The molecule has 2 nitrogen and oxygen atoms in total. The molecule has 0 aliphatic heterocycles. The fraction of sp³-hybridized carbons (Fsp3) is 0.0714. The number of hydrogen-bond donors (Lipinski definition) is 0. The van der Waals surface area contributed by atoms with Crippen molar-refractivity contribution in [3.05, 3.63) is 53.7 Å². The molecule has 2 heterocycles. The molecule has 0 saturated carbocycles. The Morgan fingerprint density at radius 1 is 1.15 bits per heavy atom. The van der Waals surface area contributed by atoms with Crippen LogP contribution in [0.25, 0.3) is 22.3 Å². The van der Waals surface area contributed by atoms with Crippen LogP contribution in [0.2, 0.25) is 0 Å². The van der Waals surface area contributed by atoms with Gasteiger partial charge in [0.05, 0.1) is 22.3 Å². The van der Waals surface area contributed by atoms with Crippen molar-refractivity contribution in [1.29, 1.82) is 0 Å². The molecular weight excluding hydrogens is 393 g/mol. The van der Waals surface area contributed by atoms with Gasteiger partial charge >= 0.3 is 0 Å². The zero-order chi connectivity index (χ0) is 14.3. The lowest BCUT2D eigenvalue weighted by Gasteiger charge is -2.05. The van der Waals surface area contributed by atoms with E-state index in [0.717, 1.165) is 16.6 Å². The molecule has 0 N–H and O–H groups in total. The van der Waals surface area contributed by atoms with Gasteiger partial charge in [0.1, 0.15) is 11.6 Å². The fourth-order valence-corrected chi connectivity index (χ4v) is 3.56. The maximum Gasteiger partial charge on any atom is 0.135 e. The highest BCUT2D eigenvalue weighted by molar-refractivity contribution is 14.2. The van der Waals surface area contributed by atoms with E-state index in [-0.39, 0.29) is 5.56 Å². The molecule has 0 aliphatic carbocycles. The van der Waals surface area contributed by atoms with Crippen LogP contribution < -0.4 is 0 Å². The van der Waals surface area contributed by atoms with Crippen LogP contribution >= 0.6 is 30.3 Å². The fourth-order valence-electron chi connectivity index (χ4n) is 2.17. The Hall–Kier alpha value is -1.15. The Balaban J connectivity index is 2.26. The van der Waals surface area contributed by atoms with Crippen molar-refractivity contribution in [3.63, 3.8) is 0 Å². The normalized spacial score (nSPS) is 11.2. The van der Waals surface area contributed by atoms with Gasteiger partial charge in [0, 0.05) is 36.5 Å². The molecule has 0 radical (unpaired) electrons. The SMILES string of the molecule is Cc1cn(SI)c2ccc(-c3c(F)cccc3F)nc12. The van der Waals surface area contributed by atoms with Gasteiger partial charge in [0.15, 0.2) is 0 Å². The van der Waals surface area contributed by atoms with E-state index in [9.17, 15) is 8.78 Å². The van der Waals surface area contributed by atoms with Crippen LogP contribution in [0, 0.1) is 18.6 Å². The highest BCUT2D eigenvalue weighted by Crippen LogP contribution is 2.30. The quantitative estimate of drug-likeness (QED) is 0.553. The molecule has 0 atom stereocenters. The van der Waals surface area contributed by atoms with Crippen LogP contribution in [-0.2, 0) is 0 Å². The molecule has 0 aliphatic rings. The van der Waals surface area contributed by atoms with Crippen molar-refractivity contribution in [3.8, 4) is 11.3 Å². The minimum Gasteiger partial charge on any atom is -0.281 e. The first-order valence-corrected chi connectivity index (χ1v) is 9.15. The van der Waals surface area contributed by atoms with Gasteiger partial charge in [0.2, 0.25) is 0 Å². The Bertz CT molecular complexity index is 781. The molecule has 102 valence electrons. The molecule has 0 saturated heterocycles. The van der Waals surface area contributed by atoms with Gasteiger partial charge in [-0.05, 0) is 36.8 Å². The predicted molar refractivity (Wildman–Crippen MR) is 86.8 cm³/mol. The molecule has 0 fully saturated rings. The average molecular weight is 402 g/mol. The number of pyridine rings is 1. The van der Waals surface area contributed by atoms with Crippen molar-refractivity contribution in [2.75, 3.05) is 0 Å². The maximum atomic E-state index is 13.8. The summed E-state index contributed by atoms with van der Waals surface area (Å²) >= 11 is 2.18. The van der Waals surface area contributed by atoms with E-state index in [2.05, 4.69) is 26.2 Å². The van der Waals surface area contributed by atoms with Crippen LogP contribution in [-0.4, -0.2) is 8.96 Å². The average Bonchev–Trinajstić information content (AvgIpc) is 2.75. The molecule has 3 aromatic rings. The lowest BCUT2D eigenvalue weighted by molar-refractivity contribution is 0.589. The molecule has 1 aromatic carbocycles. The first-order valence-electron chi connectivity index (χ1n) is 5.84. The van der Waals surface area contributed by atoms with Gasteiger partial charge in [-0.15, -0.1) is 0 Å². The third-order valence-electron chi connectivity index (χ3n) is 3.09. The molecule has 0 amide bonds. The van der Waals surface area contributed by atoms with Crippen LogP contribution in [0.4, 0.5) is 8.78 Å². The third-order valence-corrected chi connectivity index (χ3v) is 4.81. The number of halogens is 3. The summed E-state index contributed by atoms with van der Waals surface area (Å²) in [5.41, 5.74) is 2.90. The lowest BCUT2D eigenvalue weighted by Crippen LogP contribution is -1.93. The van der Waals surface area contributed by atoms with E-state index in [1.165, 1.54) is 27.3 Å². The first kappa shape index (κ1) is 13.8. The number of nitrogens with zero attached hydrogens (tertiary/aromatic N) is 2. The van der Waals surface area contributed by atoms with Gasteiger partial charge in [0.25, 0.3) is 0 Å². The Labute approximate surface area is 130 Å². The summed E-state index contributed by atoms with van der Waals surface area (Å²) < 4.78 is 29.6. The summed E-state index contributed by atoms with van der Waals surface area (Å²) in [6, 6.07) is 7.31. The summed E-state index contributed by atoms with van der Waals surface area (Å²) in [6.45, 7) is 1.93. The minimum absolute atomic E-state index is 0.0799. The molecule has 6 heteroatoms. The van der Waals surface area contributed by atoms with E-state index in [4.69, 9.17) is 0 Å². The smallest absolute Gasteiger partial charge is 0.135 e.